The van der Waals surface area contributed by atoms with Gasteiger partial charge in [0.25, 0.3) is 0 Å². The molecule has 0 saturated heterocycles. The van der Waals surface area contributed by atoms with Crippen LogP contribution in [0.25, 0.3) is 110 Å². The molecule has 4 heteroatoms. The van der Waals surface area contributed by atoms with E-state index in [0.29, 0.717) is 0 Å². The summed E-state index contributed by atoms with van der Waals surface area (Å²) in [6, 6.07) is 73.6. The third-order valence-corrected chi connectivity index (χ3v) is 11.7. The minimum atomic E-state index is 0.879. The lowest BCUT2D eigenvalue weighted by molar-refractivity contribution is 1.10. The van der Waals surface area contributed by atoms with E-state index >= 15 is 0 Å². The van der Waals surface area contributed by atoms with Gasteiger partial charge >= 0.3 is 0 Å². The van der Waals surface area contributed by atoms with Crippen LogP contribution in [0.1, 0.15) is 0 Å². The lowest BCUT2D eigenvalue weighted by Crippen LogP contribution is -2.00. The Labute approximate surface area is 334 Å². The van der Waals surface area contributed by atoms with Gasteiger partial charge in [-0.3, -0.25) is 4.57 Å². The molecule has 12 aromatic rings. The minimum Gasteiger partial charge on any atom is -0.309 e. The maximum absolute atomic E-state index is 5.43. The van der Waals surface area contributed by atoms with Gasteiger partial charge in [-0.25, -0.2) is 9.97 Å². The van der Waals surface area contributed by atoms with Crippen molar-refractivity contribution in [2.75, 3.05) is 0 Å². The van der Waals surface area contributed by atoms with Crippen molar-refractivity contribution in [2.24, 2.45) is 0 Å². The maximum Gasteiger partial charge on any atom is 0.145 e. The van der Waals surface area contributed by atoms with E-state index in [1.807, 2.05) is 12.1 Å². The molecule has 0 aliphatic rings. The van der Waals surface area contributed by atoms with Gasteiger partial charge in [0.05, 0.1) is 22.2 Å². The monoisotopic (exact) mass is 738 g/mol. The van der Waals surface area contributed by atoms with Crippen LogP contribution in [0, 0.1) is 0 Å². The number of pyridine rings is 1. The quantitative estimate of drug-likeness (QED) is 0.165. The first-order valence-electron chi connectivity index (χ1n) is 19.8. The van der Waals surface area contributed by atoms with Gasteiger partial charge in [0.1, 0.15) is 16.9 Å². The largest absolute Gasteiger partial charge is 0.309 e. The second-order valence-electron chi connectivity index (χ2n) is 14.9. The molecular formula is C54H34N4. The Balaban J connectivity index is 0.998. The average molecular weight is 739 g/mol. The van der Waals surface area contributed by atoms with Crippen LogP contribution < -0.4 is 0 Å². The minimum absolute atomic E-state index is 0.879. The zero-order valence-electron chi connectivity index (χ0n) is 31.4. The number of rotatable bonds is 5. The standard InChI is InChI=1S/C54H34N4/c1-3-15-37(16-4-1)50-53-51(45-23-11-13-25-47(45)55-50)56-54(58(53)39-17-5-2-6-18-39)38-29-27-35(28-30-38)36-31-33-40(34-32-36)57-48-26-14-12-24-46(48)49-43-21-9-7-19-41(43)42-20-8-10-22-44(42)52(49)57/h1-34H. The van der Waals surface area contributed by atoms with Gasteiger partial charge in [-0.15, -0.1) is 0 Å². The van der Waals surface area contributed by atoms with E-state index in [0.717, 1.165) is 67.1 Å². The van der Waals surface area contributed by atoms with E-state index in [1.54, 1.807) is 0 Å². The first kappa shape index (κ1) is 32.4. The van der Waals surface area contributed by atoms with Gasteiger partial charge in [0.2, 0.25) is 0 Å². The number of hydrogen-bond donors (Lipinski definition) is 0. The summed E-state index contributed by atoms with van der Waals surface area (Å²) >= 11 is 0. The van der Waals surface area contributed by atoms with Crippen LogP contribution in [-0.4, -0.2) is 19.1 Å². The number of imidazole rings is 1. The molecule has 270 valence electrons. The van der Waals surface area contributed by atoms with E-state index in [4.69, 9.17) is 9.97 Å². The van der Waals surface area contributed by atoms with Crippen molar-refractivity contribution in [3.05, 3.63) is 206 Å². The molecule has 0 saturated carbocycles. The molecule has 4 nitrogen and oxygen atoms in total. The lowest BCUT2D eigenvalue weighted by Gasteiger charge is -2.14. The van der Waals surface area contributed by atoms with Crippen LogP contribution in [0.4, 0.5) is 0 Å². The molecule has 0 N–H and O–H groups in total. The van der Waals surface area contributed by atoms with Crippen LogP contribution in [0.3, 0.4) is 0 Å². The fourth-order valence-electron chi connectivity index (χ4n) is 9.10. The molecular weight excluding hydrogens is 705 g/mol. The molecule has 0 aliphatic carbocycles. The maximum atomic E-state index is 5.43. The number of nitrogens with zero attached hydrogens (tertiary/aromatic N) is 4. The van der Waals surface area contributed by atoms with Crippen molar-refractivity contribution in [1.29, 1.82) is 0 Å². The number of aromatic nitrogens is 4. The number of benzene rings is 9. The Morgan fingerprint density at radius 1 is 0.310 bits per heavy atom. The average Bonchev–Trinajstić information content (AvgIpc) is 3.88. The second kappa shape index (κ2) is 12.9. The molecule has 12 rings (SSSR count). The molecule has 0 radical (unpaired) electrons. The summed E-state index contributed by atoms with van der Waals surface area (Å²) in [6.07, 6.45) is 0. The SMILES string of the molecule is c1ccc(-c2nc3ccccc3c3nc(-c4ccc(-c5ccc(-n6c7ccccc7c7c8ccccc8c8ccccc8c76)cc5)cc4)n(-c4ccccc4)c23)cc1. The van der Waals surface area contributed by atoms with Crippen LogP contribution in [-0.2, 0) is 0 Å². The molecule has 0 fully saturated rings. The predicted octanol–water partition coefficient (Wildman–Crippen LogP) is 14.0. The first-order valence-corrected chi connectivity index (χ1v) is 19.8. The lowest BCUT2D eigenvalue weighted by atomic mass is 9.97. The molecule has 9 aromatic carbocycles. The van der Waals surface area contributed by atoms with Gasteiger partial charge in [-0.1, -0.05) is 170 Å². The normalized spacial score (nSPS) is 11.8. The zero-order valence-corrected chi connectivity index (χ0v) is 31.4. The fourth-order valence-corrected chi connectivity index (χ4v) is 9.10. The van der Waals surface area contributed by atoms with Gasteiger partial charge < -0.3 is 4.57 Å². The summed E-state index contributed by atoms with van der Waals surface area (Å²) in [5, 5.41) is 8.69. The summed E-state index contributed by atoms with van der Waals surface area (Å²) in [4.78, 5) is 10.7. The summed E-state index contributed by atoms with van der Waals surface area (Å²) in [5.74, 6) is 0.879. The Morgan fingerprint density at radius 3 is 1.55 bits per heavy atom. The molecule has 0 unspecified atom stereocenters. The zero-order chi connectivity index (χ0) is 38.2. The first-order chi connectivity index (χ1) is 28.8. The van der Waals surface area contributed by atoms with Gasteiger partial charge in [0.15, 0.2) is 0 Å². The van der Waals surface area contributed by atoms with E-state index < -0.39 is 0 Å². The summed E-state index contributed by atoms with van der Waals surface area (Å²) in [6.45, 7) is 0. The van der Waals surface area contributed by atoms with Crippen molar-refractivity contribution < 1.29 is 0 Å². The molecule has 3 aromatic heterocycles. The van der Waals surface area contributed by atoms with Crippen LogP contribution >= 0.6 is 0 Å². The Kier molecular flexibility index (Phi) is 7.20. The van der Waals surface area contributed by atoms with Crippen molar-refractivity contribution in [3.63, 3.8) is 0 Å². The smallest absolute Gasteiger partial charge is 0.145 e. The summed E-state index contributed by atoms with van der Waals surface area (Å²) in [7, 11) is 0. The fraction of sp³-hybridized carbons (Fsp3) is 0. The molecule has 0 atom stereocenters. The van der Waals surface area contributed by atoms with E-state index in [2.05, 4.69) is 203 Å². The number of hydrogen-bond acceptors (Lipinski definition) is 2. The topological polar surface area (TPSA) is 35.6 Å². The van der Waals surface area contributed by atoms with Crippen LogP contribution in [0.15, 0.2) is 206 Å². The van der Waals surface area contributed by atoms with Crippen molar-refractivity contribution in [2.45, 2.75) is 0 Å². The number of fused-ring (bicyclic) bond motifs is 11. The second-order valence-corrected chi connectivity index (χ2v) is 14.9. The van der Waals surface area contributed by atoms with Crippen LogP contribution in [0.5, 0.6) is 0 Å². The highest BCUT2D eigenvalue weighted by Crippen LogP contribution is 2.43. The van der Waals surface area contributed by atoms with Crippen molar-refractivity contribution in [3.8, 4) is 45.1 Å². The Hall–Kier alpha value is -7.82. The molecule has 3 heterocycles. The molecule has 0 bridgehead atoms. The van der Waals surface area contributed by atoms with E-state index in [-0.39, 0.29) is 0 Å². The van der Waals surface area contributed by atoms with Gasteiger partial charge in [0, 0.05) is 44.0 Å². The highest BCUT2D eigenvalue weighted by atomic mass is 15.1. The third-order valence-electron chi connectivity index (χ3n) is 11.7. The molecule has 0 amide bonds. The molecule has 58 heavy (non-hydrogen) atoms. The van der Waals surface area contributed by atoms with Crippen molar-refractivity contribution >= 4 is 65.3 Å². The third kappa shape index (κ3) is 4.88. The highest BCUT2D eigenvalue weighted by Gasteiger charge is 2.22. The van der Waals surface area contributed by atoms with Gasteiger partial charge in [-0.05, 0) is 63.7 Å². The Morgan fingerprint density at radius 2 is 0.828 bits per heavy atom. The Bertz CT molecular complexity index is 3530. The number of para-hydroxylation sites is 3. The van der Waals surface area contributed by atoms with Gasteiger partial charge in [-0.2, -0.15) is 0 Å². The van der Waals surface area contributed by atoms with Crippen LogP contribution in [0.2, 0.25) is 0 Å². The summed E-state index contributed by atoms with van der Waals surface area (Å²) in [5.41, 5.74) is 12.8. The predicted molar refractivity (Wildman–Crippen MR) is 242 cm³/mol. The van der Waals surface area contributed by atoms with Crippen molar-refractivity contribution in [1.82, 2.24) is 19.1 Å². The molecule has 0 spiro atoms. The van der Waals surface area contributed by atoms with E-state index in [9.17, 15) is 0 Å². The highest BCUT2D eigenvalue weighted by molar-refractivity contribution is 6.32. The summed E-state index contributed by atoms with van der Waals surface area (Å²) < 4.78 is 4.72. The molecule has 0 aliphatic heterocycles. The van der Waals surface area contributed by atoms with E-state index in [1.165, 1.54) is 43.4 Å².